The highest BCUT2D eigenvalue weighted by Crippen LogP contribution is 2.35. The molecule has 0 bridgehead atoms. The monoisotopic (exact) mass is 300 g/mol. The zero-order valence-corrected chi connectivity index (χ0v) is 14.4. The van der Waals surface area contributed by atoms with E-state index >= 15 is 0 Å². The predicted octanol–water partition coefficient (Wildman–Crippen LogP) is 4.47. The van der Waals surface area contributed by atoms with E-state index in [1.807, 2.05) is 0 Å². The van der Waals surface area contributed by atoms with Crippen LogP contribution in [0.4, 0.5) is 0 Å². The molecule has 108 valence electrons. The maximum atomic E-state index is 2.48. The Kier molecular flexibility index (Phi) is 2.88. The molecule has 0 N–H and O–H groups in total. The number of aryl methyl sites for hydroxylation is 1. The lowest BCUT2D eigenvalue weighted by molar-refractivity contribution is 1.47. The average Bonchev–Trinajstić information content (AvgIpc) is 2.62. The molecule has 0 fully saturated rings. The summed E-state index contributed by atoms with van der Waals surface area (Å²) in [5, 5.41) is 3.09. The fourth-order valence-corrected chi connectivity index (χ4v) is 6.89. The summed E-state index contributed by atoms with van der Waals surface area (Å²) in [6.07, 6.45) is 0. The first-order valence-electron chi connectivity index (χ1n) is 7.89. The van der Waals surface area contributed by atoms with Crippen LogP contribution in [0.3, 0.4) is 0 Å². The number of benzene rings is 3. The summed E-state index contributed by atoms with van der Waals surface area (Å²) in [4.78, 5) is 0. The molecular formula is C21H20Si. The molecule has 22 heavy (non-hydrogen) atoms. The van der Waals surface area contributed by atoms with Crippen LogP contribution in [0.1, 0.15) is 5.56 Å². The third-order valence-corrected chi connectivity index (χ3v) is 8.52. The zero-order chi connectivity index (χ0) is 15.3. The maximum Gasteiger partial charge on any atom is 0.113 e. The van der Waals surface area contributed by atoms with Crippen LogP contribution in [0.15, 0.2) is 66.7 Å². The van der Waals surface area contributed by atoms with Gasteiger partial charge in [0, 0.05) is 0 Å². The van der Waals surface area contributed by atoms with Gasteiger partial charge in [0.05, 0.1) is 0 Å². The van der Waals surface area contributed by atoms with E-state index in [1.165, 1.54) is 27.8 Å². The minimum absolute atomic E-state index is 1.33. The lowest BCUT2D eigenvalue weighted by Gasteiger charge is -2.25. The second-order valence-electron chi connectivity index (χ2n) is 6.77. The van der Waals surface area contributed by atoms with Gasteiger partial charge in [-0.3, -0.25) is 0 Å². The highest BCUT2D eigenvalue weighted by atomic mass is 28.3. The molecule has 0 amide bonds. The van der Waals surface area contributed by atoms with Crippen LogP contribution in [-0.2, 0) is 0 Å². The molecule has 4 rings (SSSR count). The van der Waals surface area contributed by atoms with Crippen molar-refractivity contribution < 1.29 is 0 Å². The van der Waals surface area contributed by atoms with E-state index in [-0.39, 0.29) is 0 Å². The normalized spacial score (nSPS) is 14.5. The van der Waals surface area contributed by atoms with Crippen LogP contribution in [-0.4, -0.2) is 8.07 Å². The Morgan fingerprint density at radius 3 is 1.77 bits per heavy atom. The first-order valence-corrected chi connectivity index (χ1v) is 10.9. The van der Waals surface area contributed by atoms with Gasteiger partial charge in [0.2, 0.25) is 0 Å². The van der Waals surface area contributed by atoms with Gasteiger partial charge in [0.15, 0.2) is 0 Å². The van der Waals surface area contributed by atoms with E-state index in [2.05, 4.69) is 86.7 Å². The minimum atomic E-state index is -1.70. The molecule has 0 spiro atoms. The standard InChI is InChI=1S/C21H20Si/c1-15-12-13-16-17-8-4-6-10-20(17)22(2,3)21-11-7-5-9-18(21)19(16)14-15/h4-14H,1-3H3. The molecule has 1 aliphatic heterocycles. The third kappa shape index (κ3) is 1.82. The highest BCUT2D eigenvalue weighted by Gasteiger charge is 2.34. The molecule has 0 nitrogen and oxygen atoms in total. The van der Waals surface area contributed by atoms with Gasteiger partial charge in [-0.1, -0.05) is 85.4 Å². The van der Waals surface area contributed by atoms with Crippen LogP contribution < -0.4 is 10.4 Å². The van der Waals surface area contributed by atoms with Crippen LogP contribution in [0.25, 0.3) is 22.3 Å². The van der Waals surface area contributed by atoms with Gasteiger partial charge in [-0.2, -0.15) is 0 Å². The van der Waals surface area contributed by atoms with Crippen molar-refractivity contribution in [1.29, 1.82) is 0 Å². The van der Waals surface area contributed by atoms with Gasteiger partial charge < -0.3 is 0 Å². The molecule has 0 unspecified atom stereocenters. The molecule has 0 saturated carbocycles. The molecule has 0 atom stereocenters. The number of hydrogen-bond donors (Lipinski definition) is 0. The Bertz CT molecular complexity index is 875. The Labute approximate surface area is 133 Å². The molecule has 0 aliphatic carbocycles. The molecule has 0 aromatic heterocycles. The summed E-state index contributed by atoms with van der Waals surface area (Å²) >= 11 is 0. The van der Waals surface area contributed by atoms with Crippen LogP contribution in [0, 0.1) is 6.92 Å². The Balaban J connectivity index is 2.21. The summed E-state index contributed by atoms with van der Waals surface area (Å²) in [6, 6.07) is 24.9. The van der Waals surface area contributed by atoms with Crippen LogP contribution in [0.2, 0.25) is 13.1 Å². The Hall–Kier alpha value is -2.12. The minimum Gasteiger partial charge on any atom is -0.0623 e. The van der Waals surface area contributed by atoms with Crippen molar-refractivity contribution in [3.63, 3.8) is 0 Å². The van der Waals surface area contributed by atoms with Gasteiger partial charge in [0.25, 0.3) is 0 Å². The van der Waals surface area contributed by atoms with Crippen molar-refractivity contribution in [3.05, 3.63) is 72.3 Å². The number of fused-ring (bicyclic) bond motifs is 5. The van der Waals surface area contributed by atoms with Gasteiger partial charge in [0.1, 0.15) is 8.07 Å². The van der Waals surface area contributed by atoms with E-state index in [4.69, 9.17) is 0 Å². The van der Waals surface area contributed by atoms with Gasteiger partial charge in [-0.05, 0) is 39.6 Å². The summed E-state index contributed by atoms with van der Waals surface area (Å²) in [5.74, 6) is 0. The molecule has 1 heterocycles. The molecule has 0 saturated heterocycles. The first kappa shape index (κ1) is 13.5. The van der Waals surface area contributed by atoms with E-state index in [0.717, 1.165) is 0 Å². The second-order valence-corrected chi connectivity index (χ2v) is 11.1. The van der Waals surface area contributed by atoms with Gasteiger partial charge in [-0.15, -0.1) is 0 Å². The first-order chi connectivity index (χ1) is 10.6. The Morgan fingerprint density at radius 1 is 0.591 bits per heavy atom. The van der Waals surface area contributed by atoms with Crippen molar-refractivity contribution in [2.75, 3.05) is 0 Å². The number of hydrogen-bond acceptors (Lipinski definition) is 0. The molecular weight excluding hydrogens is 280 g/mol. The Morgan fingerprint density at radius 2 is 1.14 bits per heavy atom. The van der Waals surface area contributed by atoms with Crippen molar-refractivity contribution in [2.24, 2.45) is 0 Å². The van der Waals surface area contributed by atoms with Gasteiger partial charge in [-0.25, -0.2) is 0 Å². The van der Waals surface area contributed by atoms with Crippen molar-refractivity contribution in [2.45, 2.75) is 20.0 Å². The fraction of sp³-hybridized carbons (Fsp3) is 0.143. The lowest BCUT2D eigenvalue weighted by Crippen LogP contribution is -2.53. The topological polar surface area (TPSA) is 0 Å². The van der Waals surface area contributed by atoms with Crippen molar-refractivity contribution >= 4 is 18.4 Å². The highest BCUT2D eigenvalue weighted by molar-refractivity contribution is 7.02. The molecule has 0 radical (unpaired) electrons. The van der Waals surface area contributed by atoms with E-state index in [1.54, 1.807) is 10.4 Å². The summed E-state index contributed by atoms with van der Waals surface area (Å²) < 4.78 is 0. The third-order valence-electron chi connectivity index (χ3n) is 4.96. The van der Waals surface area contributed by atoms with Crippen molar-refractivity contribution in [3.8, 4) is 22.3 Å². The number of rotatable bonds is 0. The van der Waals surface area contributed by atoms with Crippen LogP contribution >= 0.6 is 0 Å². The average molecular weight is 300 g/mol. The van der Waals surface area contributed by atoms with Crippen LogP contribution in [0.5, 0.6) is 0 Å². The van der Waals surface area contributed by atoms with E-state index < -0.39 is 8.07 Å². The van der Waals surface area contributed by atoms with E-state index in [0.29, 0.717) is 0 Å². The molecule has 1 aliphatic rings. The van der Waals surface area contributed by atoms with Gasteiger partial charge >= 0.3 is 0 Å². The lowest BCUT2D eigenvalue weighted by atomic mass is 9.93. The maximum absolute atomic E-state index is 2.48. The zero-order valence-electron chi connectivity index (χ0n) is 13.4. The molecule has 3 aromatic rings. The van der Waals surface area contributed by atoms with E-state index in [9.17, 15) is 0 Å². The summed E-state index contributed by atoms with van der Waals surface area (Å²) in [6.45, 7) is 7.13. The predicted molar refractivity (Wildman–Crippen MR) is 98.8 cm³/mol. The smallest absolute Gasteiger partial charge is 0.0623 e. The largest absolute Gasteiger partial charge is 0.113 e. The fourth-order valence-electron chi connectivity index (χ4n) is 3.79. The molecule has 3 aromatic carbocycles. The van der Waals surface area contributed by atoms with Crippen molar-refractivity contribution in [1.82, 2.24) is 0 Å². The second kappa shape index (κ2) is 4.69. The quantitative estimate of drug-likeness (QED) is 0.538. The SMILES string of the molecule is Cc1ccc2c(c1)-c1ccccc1[Si](C)(C)c1ccccc1-2. The summed E-state index contributed by atoms with van der Waals surface area (Å²) in [5.41, 5.74) is 6.94. The molecule has 1 heteroatoms. The summed E-state index contributed by atoms with van der Waals surface area (Å²) in [7, 11) is -1.70.